The van der Waals surface area contributed by atoms with E-state index in [-0.39, 0.29) is 17.6 Å². The van der Waals surface area contributed by atoms with Gasteiger partial charge in [-0.25, -0.2) is 0 Å². The molecule has 2 unspecified atom stereocenters. The van der Waals surface area contributed by atoms with Crippen molar-refractivity contribution in [3.63, 3.8) is 0 Å². The number of hydrogen-bond donors (Lipinski definition) is 4. The molecule has 38 heavy (non-hydrogen) atoms. The molecule has 1 heterocycles. The maximum Gasteiger partial charge on any atom is 0.243 e. The molecule has 2 atom stereocenters. The largest absolute Gasteiger partial charge is 0.384 e. The van der Waals surface area contributed by atoms with Gasteiger partial charge in [0.25, 0.3) is 0 Å². The van der Waals surface area contributed by atoms with E-state index < -0.39 is 12.1 Å². The van der Waals surface area contributed by atoms with Crippen molar-refractivity contribution in [3.8, 4) is 0 Å². The Kier molecular flexibility index (Phi) is 9.95. The van der Waals surface area contributed by atoms with Crippen molar-refractivity contribution in [2.45, 2.75) is 50.1 Å². The Bertz CT molecular complexity index is 1200. The van der Waals surface area contributed by atoms with E-state index in [1.54, 1.807) is 17.0 Å². The number of aryl methyl sites for hydroxylation is 1. The van der Waals surface area contributed by atoms with Gasteiger partial charge in [0.15, 0.2) is 0 Å². The summed E-state index contributed by atoms with van der Waals surface area (Å²) in [6.45, 7) is 0.940. The number of carbonyl (C=O) groups excluding carboxylic acids is 2. The third kappa shape index (κ3) is 7.69. The third-order valence-corrected chi connectivity index (χ3v) is 7.67. The number of likely N-dealkylation sites (tertiary alicyclic amines) is 1. The van der Waals surface area contributed by atoms with E-state index in [0.717, 1.165) is 24.2 Å². The quantitative estimate of drug-likeness (QED) is 0.161. The number of amidine groups is 1. The second-order valence-electron chi connectivity index (χ2n) is 9.49. The summed E-state index contributed by atoms with van der Waals surface area (Å²) < 4.78 is 3.41. The first-order valence-corrected chi connectivity index (χ1v) is 14.0. The van der Waals surface area contributed by atoms with E-state index in [4.69, 9.17) is 11.1 Å². The monoisotopic (exact) mass is 529 g/mol. The van der Waals surface area contributed by atoms with Crippen molar-refractivity contribution in [1.29, 1.82) is 5.41 Å². The van der Waals surface area contributed by atoms with Crippen LogP contribution >= 0.6 is 11.9 Å². The van der Waals surface area contributed by atoms with Gasteiger partial charge < -0.3 is 16.0 Å². The van der Waals surface area contributed by atoms with Gasteiger partial charge in [0.05, 0.1) is 6.04 Å². The second-order valence-corrected chi connectivity index (χ2v) is 10.3. The summed E-state index contributed by atoms with van der Waals surface area (Å²) in [4.78, 5) is 28.6. The third-order valence-electron chi connectivity index (χ3n) is 6.74. The number of amides is 2. The van der Waals surface area contributed by atoms with Gasteiger partial charge in [-0.05, 0) is 42.4 Å². The molecule has 0 saturated carbocycles. The highest BCUT2D eigenvalue weighted by Crippen LogP contribution is 2.22. The van der Waals surface area contributed by atoms with Crippen molar-refractivity contribution in [1.82, 2.24) is 14.9 Å². The molecule has 1 aliphatic heterocycles. The lowest BCUT2D eigenvalue weighted by atomic mass is 10.0. The van der Waals surface area contributed by atoms with Gasteiger partial charge in [0.1, 0.15) is 11.9 Å². The van der Waals surface area contributed by atoms with E-state index in [1.807, 2.05) is 48.5 Å². The first-order chi connectivity index (χ1) is 18.5. The molecule has 3 aromatic carbocycles. The molecule has 1 aliphatic rings. The van der Waals surface area contributed by atoms with Crippen molar-refractivity contribution in [2.24, 2.45) is 5.73 Å². The Balaban J connectivity index is 1.38. The lowest BCUT2D eigenvalue weighted by Gasteiger charge is -2.28. The van der Waals surface area contributed by atoms with Crippen molar-refractivity contribution in [3.05, 3.63) is 107 Å². The number of nitrogen functional groups attached to an aromatic ring is 1. The zero-order chi connectivity index (χ0) is 26.7. The molecule has 0 bridgehead atoms. The van der Waals surface area contributed by atoms with Gasteiger partial charge in [-0.3, -0.25) is 19.7 Å². The molecule has 7 nitrogen and oxygen atoms in total. The van der Waals surface area contributed by atoms with Crippen LogP contribution in [0.15, 0.2) is 84.9 Å². The SMILES string of the molecule is N=C(N)c1ccc(CNC(=O)C2CCCN2C(=O)C(CCc2ccccc2)NSCc2ccccc2)cc1. The predicted molar refractivity (Wildman–Crippen MR) is 153 cm³/mol. The normalized spacial score (nSPS) is 15.7. The van der Waals surface area contributed by atoms with Crippen LogP contribution in [-0.4, -0.2) is 41.2 Å². The molecule has 3 aromatic rings. The van der Waals surface area contributed by atoms with Crippen LogP contribution in [-0.2, 0) is 28.3 Å². The van der Waals surface area contributed by atoms with Crippen LogP contribution < -0.4 is 15.8 Å². The van der Waals surface area contributed by atoms with Crippen LogP contribution in [0.1, 0.15) is 41.5 Å². The molecule has 1 fully saturated rings. The number of benzene rings is 3. The highest BCUT2D eigenvalue weighted by atomic mass is 32.2. The molecular formula is C30H35N5O2S. The highest BCUT2D eigenvalue weighted by Gasteiger charge is 2.37. The molecule has 8 heteroatoms. The standard InChI is InChI=1S/C30H35N5O2S/c31-28(32)25-16-13-23(14-17-25)20-33-29(36)27-12-7-19-35(27)30(37)26(18-15-22-8-3-1-4-9-22)34-38-21-24-10-5-2-6-11-24/h1-6,8-11,13-14,16-17,26-27,34H,7,12,15,18-21H2,(H3,31,32)(H,33,36). The van der Waals surface area contributed by atoms with E-state index in [9.17, 15) is 9.59 Å². The number of nitrogens with two attached hydrogens (primary N) is 1. The summed E-state index contributed by atoms with van der Waals surface area (Å²) in [6, 6.07) is 26.7. The first kappa shape index (κ1) is 27.4. The van der Waals surface area contributed by atoms with E-state index >= 15 is 0 Å². The molecule has 5 N–H and O–H groups in total. The minimum Gasteiger partial charge on any atom is -0.384 e. The summed E-state index contributed by atoms with van der Waals surface area (Å²) in [6.07, 6.45) is 2.89. The summed E-state index contributed by atoms with van der Waals surface area (Å²) in [5.74, 6) is 0.607. The van der Waals surface area contributed by atoms with Crippen LogP contribution in [0.25, 0.3) is 0 Å². The average Bonchev–Trinajstić information content (AvgIpc) is 3.45. The Morgan fingerprint density at radius 3 is 2.26 bits per heavy atom. The maximum absolute atomic E-state index is 13.7. The summed E-state index contributed by atoms with van der Waals surface area (Å²) in [7, 11) is 0. The fourth-order valence-electron chi connectivity index (χ4n) is 4.60. The Morgan fingerprint density at radius 1 is 0.947 bits per heavy atom. The molecule has 0 spiro atoms. The van der Waals surface area contributed by atoms with Gasteiger partial charge >= 0.3 is 0 Å². The lowest BCUT2D eigenvalue weighted by Crippen LogP contribution is -2.51. The van der Waals surface area contributed by atoms with Crippen molar-refractivity contribution in [2.75, 3.05) is 6.54 Å². The number of carbonyl (C=O) groups is 2. The van der Waals surface area contributed by atoms with E-state index in [0.29, 0.717) is 31.5 Å². The fourth-order valence-corrected chi connectivity index (χ4v) is 5.46. The van der Waals surface area contributed by atoms with Crippen molar-refractivity contribution < 1.29 is 9.59 Å². The number of nitrogens with one attached hydrogen (secondary N) is 3. The second kappa shape index (κ2) is 13.8. The maximum atomic E-state index is 13.7. The van der Waals surface area contributed by atoms with Crippen LogP contribution in [0.5, 0.6) is 0 Å². The van der Waals surface area contributed by atoms with Gasteiger partial charge in [0.2, 0.25) is 11.8 Å². The fraction of sp³-hybridized carbons (Fsp3) is 0.300. The summed E-state index contributed by atoms with van der Waals surface area (Å²) in [5.41, 5.74) is 9.46. The van der Waals surface area contributed by atoms with Gasteiger partial charge in [0, 0.05) is 24.4 Å². The molecule has 1 saturated heterocycles. The minimum atomic E-state index is -0.473. The number of nitrogens with zero attached hydrogens (tertiary/aromatic N) is 1. The topological polar surface area (TPSA) is 111 Å². The molecule has 0 aliphatic carbocycles. The Labute approximate surface area is 228 Å². The van der Waals surface area contributed by atoms with E-state index in [2.05, 4.69) is 34.3 Å². The highest BCUT2D eigenvalue weighted by molar-refractivity contribution is 7.96. The number of rotatable bonds is 12. The van der Waals surface area contributed by atoms with Gasteiger partial charge in [-0.1, -0.05) is 96.9 Å². The minimum absolute atomic E-state index is 0.0121. The van der Waals surface area contributed by atoms with Crippen LogP contribution in [0.3, 0.4) is 0 Å². The lowest BCUT2D eigenvalue weighted by molar-refractivity contribution is -0.139. The molecular weight excluding hydrogens is 494 g/mol. The smallest absolute Gasteiger partial charge is 0.243 e. The van der Waals surface area contributed by atoms with Crippen molar-refractivity contribution >= 4 is 29.6 Å². The van der Waals surface area contributed by atoms with Crippen LogP contribution in [0.2, 0.25) is 0 Å². The summed E-state index contributed by atoms with van der Waals surface area (Å²) in [5, 5.41) is 10.5. The van der Waals surface area contributed by atoms with Crippen LogP contribution in [0.4, 0.5) is 0 Å². The zero-order valence-electron chi connectivity index (χ0n) is 21.4. The average molecular weight is 530 g/mol. The molecule has 198 valence electrons. The van der Waals surface area contributed by atoms with E-state index in [1.165, 1.54) is 23.1 Å². The summed E-state index contributed by atoms with van der Waals surface area (Å²) >= 11 is 1.53. The van der Waals surface area contributed by atoms with Gasteiger partial charge in [-0.2, -0.15) is 0 Å². The molecule has 2 amide bonds. The molecule has 0 radical (unpaired) electrons. The van der Waals surface area contributed by atoms with Crippen LogP contribution in [0, 0.1) is 5.41 Å². The molecule has 4 rings (SSSR count). The molecule has 0 aromatic heterocycles. The Hall–Kier alpha value is -3.62. The van der Waals surface area contributed by atoms with Gasteiger partial charge in [-0.15, -0.1) is 0 Å². The Morgan fingerprint density at radius 2 is 1.61 bits per heavy atom. The predicted octanol–water partition coefficient (Wildman–Crippen LogP) is 4.02. The zero-order valence-corrected chi connectivity index (χ0v) is 22.3. The number of hydrogen-bond acceptors (Lipinski definition) is 5. The first-order valence-electron chi connectivity index (χ1n) is 13.0.